The summed E-state index contributed by atoms with van der Waals surface area (Å²) in [4.78, 5) is 0. The highest BCUT2D eigenvalue weighted by Gasteiger charge is 2.37. The predicted molar refractivity (Wildman–Crippen MR) is 71.1 cm³/mol. The zero-order chi connectivity index (χ0) is 18.9. The van der Waals surface area contributed by atoms with Gasteiger partial charge in [0.2, 0.25) is 0 Å². The largest absolute Gasteiger partial charge is 0.416 e. The Bertz CT molecular complexity index is 576. The van der Waals surface area contributed by atoms with E-state index in [0.29, 0.717) is 18.2 Å². The number of hydrogen-bond acceptors (Lipinski definition) is 0. The Balaban J connectivity index is 3.20. The van der Waals surface area contributed by atoms with E-state index in [4.69, 9.17) is 0 Å². The summed E-state index contributed by atoms with van der Waals surface area (Å²) >= 11 is 0. The van der Waals surface area contributed by atoms with Gasteiger partial charge in [0.25, 0.3) is 0 Å². The van der Waals surface area contributed by atoms with Crippen LogP contribution in [0.3, 0.4) is 0 Å². The Morgan fingerprint density at radius 3 is 1.62 bits per heavy atom. The molecule has 1 rings (SSSR count). The Morgan fingerprint density at radius 1 is 0.875 bits per heavy atom. The summed E-state index contributed by atoms with van der Waals surface area (Å²) in [5, 5.41) is 0. The third-order valence-corrected chi connectivity index (χ3v) is 3.03. The normalized spacial score (nSPS) is 15.4. The van der Waals surface area contributed by atoms with Crippen LogP contribution in [-0.2, 0) is 12.4 Å². The van der Waals surface area contributed by atoms with E-state index in [1.807, 2.05) is 0 Å². The van der Waals surface area contributed by atoms with Crippen molar-refractivity contribution in [3.8, 4) is 0 Å². The first-order chi connectivity index (χ1) is 10.6. The highest BCUT2D eigenvalue weighted by molar-refractivity contribution is 6.55. The number of halogens is 9. The number of rotatable bonds is 3. The van der Waals surface area contributed by atoms with Crippen molar-refractivity contribution < 1.29 is 39.5 Å². The summed E-state index contributed by atoms with van der Waals surface area (Å²) in [5.41, 5.74) is -4.50. The standard InChI is InChI=1S/C14H11BF9/c1-7(12(16,17)18)3-8(2)15-11-5-9(13(19,20)21)4-10(6-11)14(22,23)24/h3-6,8H,1-2H3/b7-3+. The van der Waals surface area contributed by atoms with Crippen molar-refractivity contribution in [3.63, 3.8) is 0 Å². The lowest BCUT2D eigenvalue weighted by Crippen LogP contribution is -2.23. The Hall–Kier alpha value is -1.61. The molecule has 0 aliphatic carbocycles. The minimum atomic E-state index is -5.01. The highest BCUT2D eigenvalue weighted by atomic mass is 19.4. The average Bonchev–Trinajstić information content (AvgIpc) is 2.34. The minimum Gasteiger partial charge on any atom is -0.167 e. The molecule has 0 amide bonds. The van der Waals surface area contributed by atoms with Crippen molar-refractivity contribution in [3.05, 3.63) is 41.0 Å². The van der Waals surface area contributed by atoms with Crippen molar-refractivity contribution in [2.75, 3.05) is 0 Å². The van der Waals surface area contributed by atoms with Crippen LogP contribution in [0, 0.1) is 0 Å². The lowest BCUT2D eigenvalue weighted by molar-refractivity contribution is -0.143. The van der Waals surface area contributed by atoms with Gasteiger partial charge >= 0.3 is 18.5 Å². The molecule has 0 saturated heterocycles. The number of alkyl halides is 9. The maximum absolute atomic E-state index is 12.7. The summed E-state index contributed by atoms with van der Waals surface area (Å²) in [5.74, 6) is -1.02. The van der Waals surface area contributed by atoms with Gasteiger partial charge in [0, 0.05) is 5.57 Å². The first-order valence-corrected chi connectivity index (χ1v) is 6.50. The number of benzene rings is 1. The second-order valence-electron chi connectivity index (χ2n) is 5.21. The molecule has 1 radical (unpaired) electrons. The van der Waals surface area contributed by atoms with E-state index >= 15 is 0 Å². The van der Waals surface area contributed by atoms with Gasteiger partial charge in [-0.15, -0.1) is 0 Å². The van der Waals surface area contributed by atoms with Gasteiger partial charge in [0.05, 0.1) is 11.1 Å². The highest BCUT2D eigenvalue weighted by Crippen LogP contribution is 2.35. The molecule has 1 unspecified atom stereocenters. The molecule has 0 fully saturated rings. The van der Waals surface area contributed by atoms with E-state index in [2.05, 4.69) is 0 Å². The molecule has 0 nitrogen and oxygen atoms in total. The summed E-state index contributed by atoms with van der Waals surface area (Å²) in [6, 6.07) is 0.879. The van der Waals surface area contributed by atoms with Crippen molar-refractivity contribution in [1.29, 1.82) is 0 Å². The van der Waals surface area contributed by atoms with Crippen LogP contribution in [0.15, 0.2) is 29.8 Å². The van der Waals surface area contributed by atoms with Crippen molar-refractivity contribution in [2.24, 2.45) is 0 Å². The van der Waals surface area contributed by atoms with Crippen LogP contribution < -0.4 is 5.46 Å². The van der Waals surface area contributed by atoms with E-state index in [1.54, 1.807) is 0 Å². The topological polar surface area (TPSA) is 0 Å². The molecule has 0 bridgehead atoms. The van der Waals surface area contributed by atoms with Gasteiger partial charge in [0.1, 0.15) is 0 Å². The molecule has 0 aromatic heterocycles. The van der Waals surface area contributed by atoms with Crippen LogP contribution in [0.5, 0.6) is 0 Å². The van der Waals surface area contributed by atoms with E-state index < -0.39 is 46.5 Å². The smallest absolute Gasteiger partial charge is 0.167 e. The van der Waals surface area contributed by atoms with Crippen LogP contribution in [0.2, 0.25) is 5.82 Å². The maximum atomic E-state index is 12.7. The second kappa shape index (κ2) is 6.72. The predicted octanol–water partition coefficient (Wildman–Crippen LogP) is 5.37. The molecule has 0 spiro atoms. The summed E-state index contributed by atoms with van der Waals surface area (Å²) in [7, 11) is 0.903. The molecule has 0 saturated carbocycles. The van der Waals surface area contributed by atoms with Crippen LogP contribution in [0.25, 0.3) is 0 Å². The lowest BCUT2D eigenvalue weighted by Gasteiger charge is -2.15. The molecule has 24 heavy (non-hydrogen) atoms. The SMILES string of the molecule is C/C(=C\C(C)[B]c1cc(C(F)(F)F)cc(C(F)(F)F)c1)C(F)(F)F. The van der Waals surface area contributed by atoms with Gasteiger partial charge in [-0.05, 0) is 18.8 Å². The first kappa shape index (κ1) is 20.4. The lowest BCUT2D eigenvalue weighted by atomic mass is 9.59. The van der Waals surface area contributed by atoms with Crippen molar-refractivity contribution in [1.82, 2.24) is 0 Å². The minimum absolute atomic E-state index is 0.0428. The quantitative estimate of drug-likeness (QED) is 0.386. The summed E-state index contributed by atoms with van der Waals surface area (Å²) < 4.78 is 113. The van der Waals surface area contributed by atoms with Crippen LogP contribution >= 0.6 is 0 Å². The van der Waals surface area contributed by atoms with Crippen molar-refractivity contribution >= 4 is 12.7 Å². The van der Waals surface area contributed by atoms with E-state index in [1.165, 1.54) is 6.92 Å². The Morgan fingerprint density at radius 2 is 1.29 bits per heavy atom. The average molecular weight is 361 g/mol. The maximum Gasteiger partial charge on any atom is 0.416 e. The molecule has 1 aromatic carbocycles. The molecule has 0 N–H and O–H groups in total. The zero-order valence-corrected chi connectivity index (χ0v) is 12.4. The third-order valence-electron chi connectivity index (χ3n) is 3.03. The molecular weight excluding hydrogens is 350 g/mol. The molecular formula is C14H11BF9. The number of hydrogen-bond donors (Lipinski definition) is 0. The molecule has 0 heterocycles. The molecule has 0 aliphatic rings. The van der Waals surface area contributed by atoms with Crippen LogP contribution in [0.1, 0.15) is 25.0 Å². The fourth-order valence-corrected chi connectivity index (χ4v) is 1.92. The van der Waals surface area contributed by atoms with E-state index in [-0.39, 0.29) is 6.07 Å². The fourth-order valence-electron chi connectivity index (χ4n) is 1.92. The fraction of sp³-hybridized carbons (Fsp3) is 0.429. The number of allylic oxidation sites excluding steroid dienone is 2. The van der Waals surface area contributed by atoms with Gasteiger partial charge in [-0.25, -0.2) is 0 Å². The molecule has 10 heteroatoms. The second-order valence-corrected chi connectivity index (χ2v) is 5.21. The van der Waals surface area contributed by atoms with Gasteiger partial charge in [-0.1, -0.05) is 30.6 Å². The van der Waals surface area contributed by atoms with Crippen LogP contribution in [-0.4, -0.2) is 13.5 Å². The Labute approximate surface area is 132 Å². The van der Waals surface area contributed by atoms with E-state index in [9.17, 15) is 39.5 Å². The van der Waals surface area contributed by atoms with E-state index in [0.717, 1.165) is 14.2 Å². The van der Waals surface area contributed by atoms with Gasteiger partial charge in [-0.2, -0.15) is 39.5 Å². The zero-order valence-electron chi connectivity index (χ0n) is 12.4. The first-order valence-electron chi connectivity index (χ1n) is 6.50. The summed E-state index contributed by atoms with van der Waals surface area (Å²) in [6.45, 7) is 1.99. The third kappa shape index (κ3) is 5.79. The Kier molecular flexibility index (Phi) is 5.72. The molecule has 133 valence electrons. The molecule has 1 aromatic rings. The van der Waals surface area contributed by atoms with Gasteiger partial charge in [-0.3, -0.25) is 0 Å². The molecule has 1 atom stereocenters. The van der Waals surface area contributed by atoms with Crippen LogP contribution in [0.4, 0.5) is 39.5 Å². The van der Waals surface area contributed by atoms with Gasteiger partial charge in [0.15, 0.2) is 7.28 Å². The van der Waals surface area contributed by atoms with Gasteiger partial charge < -0.3 is 0 Å². The van der Waals surface area contributed by atoms with Crippen molar-refractivity contribution in [2.45, 2.75) is 38.2 Å². The molecule has 0 aliphatic heterocycles. The summed E-state index contributed by atoms with van der Waals surface area (Å²) in [6.07, 6.45) is -13.9. The monoisotopic (exact) mass is 361 g/mol.